The zero-order valence-electron chi connectivity index (χ0n) is 19.0. The number of amides is 2. The number of anilines is 1. The van der Waals surface area contributed by atoms with Crippen molar-refractivity contribution in [1.29, 1.82) is 0 Å². The molecule has 2 aliphatic heterocycles. The third-order valence-electron chi connectivity index (χ3n) is 6.80. The molecule has 7 nitrogen and oxygen atoms in total. The molecule has 8 heteroatoms. The number of carbonyl (C=O) groups is 2. The number of rotatable bonds is 5. The maximum atomic E-state index is 12.6. The Bertz CT molecular complexity index is 807. The standard InChI is InChI=1S/C24H35N5O2.HI/c1-25-24(27-20-13-15-28(17-20)23(31)19-6-2-3-7-19)26-16-18-9-11-21(12-10-18)29-14-5-4-8-22(29)30;/h9-12,19-20H,2-8,13-17H2,1H3,(H2,25,26,27);1H. The van der Waals surface area contributed by atoms with E-state index >= 15 is 0 Å². The molecular formula is C24H36IN5O2. The van der Waals surface area contributed by atoms with Crippen LogP contribution in [0.3, 0.4) is 0 Å². The molecule has 2 heterocycles. The number of hydrogen-bond donors (Lipinski definition) is 2. The summed E-state index contributed by atoms with van der Waals surface area (Å²) < 4.78 is 0. The van der Waals surface area contributed by atoms with E-state index in [0.29, 0.717) is 18.9 Å². The van der Waals surface area contributed by atoms with Crippen LogP contribution in [0.15, 0.2) is 29.3 Å². The number of piperidine rings is 1. The van der Waals surface area contributed by atoms with Gasteiger partial charge in [0.15, 0.2) is 5.96 Å². The van der Waals surface area contributed by atoms with E-state index in [2.05, 4.69) is 27.8 Å². The predicted molar refractivity (Wildman–Crippen MR) is 138 cm³/mol. The van der Waals surface area contributed by atoms with Crippen LogP contribution in [-0.4, -0.2) is 55.4 Å². The van der Waals surface area contributed by atoms with Gasteiger partial charge in [-0.25, -0.2) is 0 Å². The lowest BCUT2D eigenvalue weighted by molar-refractivity contribution is -0.134. The second-order valence-electron chi connectivity index (χ2n) is 8.99. The second-order valence-corrected chi connectivity index (χ2v) is 8.99. The van der Waals surface area contributed by atoms with Gasteiger partial charge in [0.25, 0.3) is 0 Å². The summed E-state index contributed by atoms with van der Waals surface area (Å²) in [4.78, 5) is 33.0. The molecule has 32 heavy (non-hydrogen) atoms. The van der Waals surface area contributed by atoms with Crippen LogP contribution >= 0.6 is 24.0 Å². The first kappa shape index (κ1) is 24.8. The second kappa shape index (κ2) is 11.9. The number of nitrogens with zero attached hydrogens (tertiary/aromatic N) is 3. The van der Waals surface area contributed by atoms with Crippen molar-refractivity contribution in [3.63, 3.8) is 0 Å². The predicted octanol–water partition coefficient (Wildman–Crippen LogP) is 3.28. The molecule has 1 atom stereocenters. The van der Waals surface area contributed by atoms with Gasteiger partial charge in [-0.1, -0.05) is 25.0 Å². The summed E-state index contributed by atoms with van der Waals surface area (Å²) in [5.41, 5.74) is 2.12. The zero-order chi connectivity index (χ0) is 21.6. The highest BCUT2D eigenvalue weighted by Crippen LogP contribution is 2.28. The summed E-state index contributed by atoms with van der Waals surface area (Å²) in [5.74, 6) is 1.57. The third-order valence-corrected chi connectivity index (χ3v) is 6.80. The highest BCUT2D eigenvalue weighted by atomic mass is 127. The molecule has 176 valence electrons. The number of hydrogen-bond acceptors (Lipinski definition) is 3. The molecule has 1 aliphatic carbocycles. The Kier molecular flexibility index (Phi) is 9.19. The number of aliphatic imine (C=N–C) groups is 1. The summed E-state index contributed by atoms with van der Waals surface area (Å²) in [5, 5.41) is 6.85. The molecule has 1 saturated carbocycles. The summed E-state index contributed by atoms with van der Waals surface area (Å²) >= 11 is 0. The van der Waals surface area contributed by atoms with E-state index < -0.39 is 0 Å². The van der Waals surface area contributed by atoms with Gasteiger partial charge in [0.1, 0.15) is 0 Å². The van der Waals surface area contributed by atoms with Crippen LogP contribution in [0.5, 0.6) is 0 Å². The number of halogens is 1. The minimum Gasteiger partial charge on any atom is -0.352 e. The highest BCUT2D eigenvalue weighted by Gasteiger charge is 2.32. The minimum absolute atomic E-state index is 0. The molecular weight excluding hydrogens is 517 g/mol. The monoisotopic (exact) mass is 553 g/mol. The Balaban J connectivity index is 0.00000289. The van der Waals surface area contributed by atoms with Crippen molar-refractivity contribution in [3.05, 3.63) is 29.8 Å². The SMILES string of the molecule is CN=C(NCc1ccc(N2CCCCC2=O)cc1)NC1CCN(C(=O)C2CCCC2)C1.I. The van der Waals surface area contributed by atoms with Crippen molar-refractivity contribution >= 4 is 47.4 Å². The van der Waals surface area contributed by atoms with E-state index in [0.717, 1.165) is 68.9 Å². The van der Waals surface area contributed by atoms with Crippen molar-refractivity contribution in [3.8, 4) is 0 Å². The summed E-state index contributed by atoms with van der Waals surface area (Å²) in [6.07, 6.45) is 8.17. The number of likely N-dealkylation sites (tertiary alicyclic amines) is 1. The smallest absolute Gasteiger partial charge is 0.226 e. The normalized spacial score (nSPS) is 22.1. The van der Waals surface area contributed by atoms with Gasteiger partial charge in [0.05, 0.1) is 0 Å². The lowest BCUT2D eigenvalue weighted by atomic mass is 10.1. The van der Waals surface area contributed by atoms with E-state index in [-0.39, 0.29) is 41.8 Å². The van der Waals surface area contributed by atoms with Gasteiger partial charge in [-0.15, -0.1) is 24.0 Å². The molecule has 3 fully saturated rings. The number of nitrogens with one attached hydrogen (secondary N) is 2. The molecule has 2 saturated heterocycles. The van der Waals surface area contributed by atoms with E-state index in [1.807, 2.05) is 21.9 Å². The van der Waals surface area contributed by atoms with Gasteiger partial charge < -0.3 is 20.4 Å². The molecule has 1 aromatic carbocycles. The lowest BCUT2D eigenvalue weighted by Gasteiger charge is -2.27. The molecule has 2 N–H and O–H groups in total. The van der Waals surface area contributed by atoms with Crippen molar-refractivity contribution in [1.82, 2.24) is 15.5 Å². The van der Waals surface area contributed by atoms with Crippen molar-refractivity contribution in [2.45, 2.75) is 64.0 Å². The molecule has 3 aliphatic rings. The fourth-order valence-corrected chi connectivity index (χ4v) is 4.96. The largest absolute Gasteiger partial charge is 0.352 e. The number of benzene rings is 1. The van der Waals surface area contributed by atoms with E-state index in [1.54, 1.807) is 7.05 Å². The molecule has 1 unspecified atom stereocenters. The van der Waals surface area contributed by atoms with E-state index in [9.17, 15) is 9.59 Å². The molecule has 2 amide bonds. The molecule has 0 radical (unpaired) electrons. The topological polar surface area (TPSA) is 77.0 Å². The molecule has 0 aromatic heterocycles. The molecule has 0 bridgehead atoms. The van der Waals surface area contributed by atoms with Crippen LogP contribution < -0.4 is 15.5 Å². The summed E-state index contributed by atoms with van der Waals surface area (Å²) in [6, 6.07) is 8.42. The fourth-order valence-electron chi connectivity index (χ4n) is 4.96. The number of guanidine groups is 1. The summed E-state index contributed by atoms with van der Waals surface area (Å²) in [6.45, 7) is 3.06. The maximum Gasteiger partial charge on any atom is 0.226 e. The van der Waals surface area contributed by atoms with E-state index in [4.69, 9.17) is 0 Å². The molecule has 1 aromatic rings. The molecule has 0 spiro atoms. The van der Waals surface area contributed by atoms with Crippen LogP contribution in [0.1, 0.15) is 56.9 Å². The Morgan fingerprint density at radius 2 is 1.81 bits per heavy atom. The minimum atomic E-state index is 0. The van der Waals surface area contributed by atoms with Crippen LogP contribution in [0.25, 0.3) is 0 Å². The van der Waals surface area contributed by atoms with Crippen LogP contribution in [0.2, 0.25) is 0 Å². The van der Waals surface area contributed by atoms with Crippen molar-refractivity contribution in [2.24, 2.45) is 10.9 Å². The first-order chi connectivity index (χ1) is 15.1. The first-order valence-electron chi connectivity index (χ1n) is 11.8. The van der Waals surface area contributed by atoms with Gasteiger partial charge in [-0.2, -0.15) is 0 Å². The number of carbonyl (C=O) groups excluding carboxylic acids is 2. The maximum absolute atomic E-state index is 12.6. The Morgan fingerprint density at radius 3 is 2.50 bits per heavy atom. The van der Waals surface area contributed by atoms with Gasteiger partial charge in [-0.05, 0) is 49.8 Å². The quantitative estimate of drug-likeness (QED) is 0.334. The van der Waals surface area contributed by atoms with Crippen LogP contribution in [0, 0.1) is 5.92 Å². The van der Waals surface area contributed by atoms with Gasteiger partial charge in [0, 0.05) is 57.3 Å². The third kappa shape index (κ3) is 6.14. The fraction of sp³-hybridized carbons (Fsp3) is 0.625. The van der Waals surface area contributed by atoms with E-state index in [1.165, 1.54) is 12.8 Å². The molecule has 4 rings (SSSR count). The van der Waals surface area contributed by atoms with Gasteiger partial charge in [-0.3, -0.25) is 14.6 Å². The summed E-state index contributed by atoms with van der Waals surface area (Å²) in [7, 11) is 1.77. The highest BCUT2D eigenvalue weighted by molar-refractivity contribution is 14.0. The average molecular weight is 553 g/mol. The Labute approximate surface area is 208 Å². The Morgan fingerprint density at radius 1 is 1.06 bits per heavy atom. The van der Waals surface area contributed by atoms with Gasteiger partial charge in [0.2, 0.25) is 11.8 Å². The van der Waals surface area contributed by atoms with Crippen molar-refractivity contribution < 1.29 is 9.59 Å². The van der Waals surface area contributed by atoms with Crippen LogP contribution in [0.4, 0.5) is 5.69 Å². The zero-order valence-corrected chi connectivity index (χ0v) is 21.3. The van der Waals surface area contributed by atoms with Crippen molar-refractivity contribution in [2.75, 3.05) is 31.6 Å². The van der Waals surface area contributed by atoms with Crippen LogP contribution in [-0.2, 0) is 16.1 Å². The average Bonchev–Trinajstić information content (AvgIpc) is 3.49. The van der Waals surface area contributed by atoms with Gasteiger partial charge >= 0.3 is 0 Å². The Hall–Kier alpha value is -1.84. The first-order valence-corrected chi connectivity index (χ1v) is 11.8. The lowest BCUT2D eigenvalue weighted by Crippen LogP contribution is -2.45.